The third-order valence-electron chi connectivity index (χ3n) is 5.03. The zero-order valence-corrected chi connectivity index (χ0v) is 15.6. The first-order valence-corrected chi connectivity index (χ1v) is 10.4. The average molecular weight is 391 g/mol. The van der Waals surface area contributed by atoms with Crippen molar-refractivity contribution in [2.45, 2.75) is 36.6 Å². The van der Waals surface area contributed by atoms with E-state index in [1.54, 1.807) is 4.90 Å². The number of ether oxygens (including phenoxy) is 1. The fourth-order valence-electron chi connectivity index (χ4n) is 3.48. The summed E-state index contributed by atoms with van der Waals surface area (Å²) in [5.74, 6) is 1.71. The van der Waals surface area contributed by atoms with Crippen LogP contribution < -0.4 is 5.14 Å². The summed E-state index contributed by atoms with van der Waals surface area (Å²) in [6.45, 7) is 2.36. The predicted octanol–water partition coefficient (Wildman–Crippen LogP) is 1.41. The molecule has 0 saturated carbocycles. The second-order valence-corrected chi connectivity index (χ2v) is 8.42. The highest BCUT2D eigenvalue weighted by Gasteiger charge is 2.29. The van der Waals surface area contributed by atoms with Gasteiger partial charge in [-0.15, -0.1) is 0 Å². The van der Waals surface area contributed by atoms with Gasteiger partial charge in [-0.1, -0.05) is 0 Å². The molecule has 9 heteroatoms. The summed E-state index contributed by atoms with van der Waals surface area (Å²) in [6.07, 6.45) is 2.42. The number of oxazole rings is 1. The van der Waals surface area contributed by atoms with Crippen LogP contribution in [0, 0.1) is 0 Å². The maximum absolute atomic E-state index is 12.7. The molecule has 2 N–H and O–H groups in total. The summed E-state index contributed by atoms with van der Waals surface area (Å²) in [5.41, 5.74) is 1.22. The van der Waals surface area contributed by atoms with Crippen molar-refractivity contribution in [2.75, 3.05) is 19.8 Å². The van der Waals surface area contributed by atoms with Crippen LogP contribution in [0.3, 0.4) is 0 Å². The lowest BCUT2D eigenvalue weighted by molar-refractivity contribution is 0.0725. The van der Waals surface area contributed by atoms with Gasteiger partial charge in [0.15, 0.2) is 5.89 Å². The molecule has 0 atom stereocenters. The van der Waals surface area contributed by atoms with Crippen LogP contribution in [0.2, 0.25) is 0 Å². The van der Waals surface area contributed by atoms with Crippen LogP contribution in [0.4, 0.5) is 0 Å². The minimum Gasteiger partial charge on any atom is -0.445 e. The maximum atomic E-state index is 12.7. The molecule has 1 fully saturated rings. The van der Waals surface area contributed by atoms with Gasteiger partial charge in [0.05, 0.1) is 11.4 Å². The SMILES string of the molecule is NS(=O)(=O)c1ccc(C(=O)N2CCc3oc(C4CCOCC4)nc3C2)cc1. The number of hydrogen-bond acceptors (Lipinski definition) is 6. The van der Waals surface area contributed by atoms with Gasteiger partial charge in [-0.05, 0) is 37.1 Å². The first kappa shape index (κ1) is 18.1. The summed E-state index contributed by atoms with van der Waals surface area (Å²) >= 11 is 0. The molecule has 8 nitrogen and oxygen atoms in total. The number of primary sulfonamides is 1. The number of fused-ring (bicyclic) bond motifs is 1. The van der Waals surface area contributed by atoms with E-state index in [2.05, 4.69) is 4.98 Å². The number of rotatable bonds is 3. The van der Waals surface area contributed by atoms with Crippen molar-refractivity contribution >= 4 is 15.9 Å². The van der Waals surface area contributed by atoms with Crippen molar-refractivity contribution in [3.63, 3.8) is 0 Å². The molecular formula is C18H21N3O5S. The predicted molar refractivity (Wildman–Crippen MR) is 95.6 cm³/mol. The molecule has 0 unspecified atom stereocenters. The van der Waals surface area contributed by atoms with E-state index in [0.717, 1.165) is 43.4 Å². The number of carbonyl (C=O) groups is 1. The second-order valence-electron chi connectivity index (χ2n) is 6.85. The van der Waals surface area contributed by atoms with Gasteiger partial charge < -0.3 is 14.1 Å². The normalized spacial score (nSPS) is 18.3. The Kier molecular flexibility index (Phi) is 4.75. The number of sulfonamides is 1. The monoisotopic (exact) mass is 391 g/mol. The van der Waals surface area contributed by atoms with Gasteiger partial charge in [-0.2, -0.15) is 0 Å². The van der Waals surface area contributed by atoms with Gasteiger partial charge in [-0.25, -0.2) is 18.5 Å². The Morgan fingerprint density at radius 3 is 2.56 bits per heavy atom. The molecule has 1 aromatic heterocycles. The van der Waals surface area contributed by atoms with Gasteiger partial charge in [0.25, 0.3) is 5.91 Å². The molecule has 2 aliphatic heterocycles. The fraction of sp³-hybridized carbons (Fsp3) is 0.444. The van der Waals surface area contributed by atoms with Crippen LogP contribution >= 0.6 is 0 Å². The van der Waals surface area contributed by atoms with Crippen molar-refractivity contribution in [1.29, 1.82) is 0 Å². The summed E-state index contributed by atoms with van der Waals surface area (Å²) in [6, 6.07) is 5.65. The van der Waals surface area contributed by atoms with Crippen LogP contribution in [0.25, 0.3) is 0 Å². The lowest BCUT2D eigenvalue weighted by Gasteiger charge is -2.25. The van der Waals surface area contributed by atoms with Gasteiger partial charge in [0, 0.05) is 37.7 Å². The van der Waals surface area contributed by atoms with E-state index in [4.69, 9.17) is 14.3 Å². The van der Waals surface area contributed by atoms with E-state index in [1.807, 2.05) is 0 Å². The number of aromatic nitrogens is 1. The Morgan fingerprint density at radius 1 is 1.19 bits per heavy atom. The van der Waals surface area contributed by atoms with E-state index in [-0.39, 0.29) is 16.7 Å². The Labute approximate surface area is 157 Å². The summed E-state index contributed by atoms with van der Waals surface area (Å²) in [4.78, 5) is 19.1. The van der Waals surface area contributed by atoms with E-state index < -0.39 is 10.0 Å². The van der Waals surface area contributed by atoms with Crippen molar-refractivity contribution in [3.05, 3.63) is 47.2 Å². The fourth-order valence-corrected chi connectivity index (χ4v) is 4.00. The van der Waals surface area contributed by atoms with Crippen LogP contribution in [0.5, 0.6) is 0 Å². The number of nitrogens with two attached hydrogens (primary N) is 1. The quantitative estimate of drug-likeness (QED) is 0.846. The topological polar surface area (TPSA) is 116 Å². The van der Waals surface area contributed by atoms with Crippen molar-refractivity contribution < 1.29 is 22.4 Å². The minimum atomic E-state index is -3.77. The van der Waals surface area contributed by atoms with Crippen LogP contribution in [0.15, 0.2) is 33.6 Å². The van der Waals surface area contributed by atoms with E-state index in [1.165, 1.54) is 24.3 Å². The number of amides is 1. The zero-order chi connectivity index (χ0) is 19.0. The third-order valence-corrected chi connectivity index (χ3v) is 5.96. The van der Waals surface area contributed by atoms with Crippen LogP contribution in [0.1, 0.15) is 46.5 Å². The first-order valence-electron chi connectivity index (χ1n) is 8.90. The van der Waals surface area contributed by atoms with Crippen molar-refractivity contribution in [3.8, 4) is 0 Å². The number of benzene rings is 1. The van der Waals surface area contributed by atoms with E-state index in [9.17, 15) is 13.2 Å². The molecule has 0 spiro atoms. The maximum Gasteiger partial charge on any atom is 0.254 e. The van der Waals surface area contributed by atoms with Crippen LogP contribution in [-0.2, 0) is 27.7 Å². The molecule has 1 saturated heterocycles. The van der Waals surface area contributed by atoms with Gasteiger partial charge in [0.2, 0.25) is 10.0 Å². The van der Waals surface area contributed by atoms with Gasteiger partial charge in [0.1, 0.15) is 11.5 Å². The van der Waals surface area contributed by atoms with Crippen LogP contribution in [-0.4, -0.2) is 44.0 Å². The largest absolute Gasteiger partial charge is 0.445 e. The van der Waals surface area contributed by atoms with Crippen molar-refractivity contribution in [2.24, 2.45) is 5.14 Å². The Balaban J connectivity index is 1.49. The smallest absolute Gasteiger partial charge is 0.254 e. The van der Waals surface area contributed by atoms with E-state index in [0.29, 0.717) is 25.1 Å². The van der Waals surface area contributed by atoms with Gasteiger partial charge >= 0.3 is 0 Å². The summed E-state index contributed by atoms with van der Waals surface area (Å²) in [5, 5.41) is 5.09. The second kappa shape index (κ2) is 7.06. The standard InChI is InChI=1S/C18H21N3O5S/c19-27(23,24)14-3-1-13(2-4-14)18(22)21-8-5-16-15(11-21)20-17(26-16)12-6-9-25-10-7-12/h1-4,12H,5-11H2,(H2,19,23,24). The number of hydrogen-bond donors (Lipinski definition) is 1. The Morgan fingerprint density at radius 2 is 1.89 bits per heavy atom. The van der Waals surface area contributed by atoms with Gasteiger partial charge in [-0.3, -0.25) is 4.79 Å². The van der Waals surface area contributed by atoms with E-state index >= 15 is 0 Å². The summed E-state index contributed by atoms with van der Waals surface area (Å²) in [7, 11) is -3.77. The molecule has 0 aliphatic carbocycles. The van der Waals surface area contributed by atoms with Crippen molar-refractivity contribution in [1.82, 2.24) is 9.88 Å². The lowest BCUT2D eigenvalue weighted by Crippen LogP contribution is -2.35. The molecule has 3 heterocycles. The number of carbonyl (C=O) groups excluding carboxylic acids is 1. The molecule has 2 aliphatic rings. The summed E-state index contributed by atoms with van der Waals surface area (Å²) < 4.78 is 34.0. The molecule has 1 aromatic carbocycles. The Hall–Kier alpha value is -2.23. The molecule has 0 bridgehead atoms. The molecule has 0 radical (unpaired) electrons. The lowest BCUT2D eigenvalue weighted by atomic mass is 10.0. The highest BCUT2D eigenvalue weighted by molar-refractivity contribution is 7.89. The molecule has 4 rings (SSSR count). The molecular weight excluding hydrogens is 370 g/mol. The Bertz CT molecular complexity index is 946. The molecule has 2 aromatic rings. The highest BCUT2D eigenvalue weighted by atomic mass is 32.2. The third kappa shape index (κ3) is 3.76. The zero-order valence-electron chi connectivity index (χ0n) is 14.8. The molecule has 1 amide bonds. The molecule has 144 valence electrons. The molecule has 27 heavy (non-hydrogen) atoms. The first-order chi connectivity index (χ1) is 12.9. The highest BCUT2D eigenvalue weighted by Crippen LogP contribution is 2.30. The average Bonchev–Trinajstić information content (AvgIpc) is 3.11. The number of nitrogens with zero attached hydrogens (tertiary/aromatic N) is 2. The minimum absolute atomic E-state index is 0.0161.